The van der Waals surface area contributed by atoms with Crippen molar-refractivity contribution >= 4 is 31.9 Å². The second kappa shape index (κ2) is 4.47. The van der Waals surface area contributed by atoms with Gasteiger partial charge in [-0.3, -0.25) is 0 Å². The third-order valence-electron chi connectivity index (χ3n) is 2.24. The van der Waals surface area contributed by atoms with E-state index in [1.54, 1.807) is 0 Å². The van der Waals surface area contributed by atoms with Crippen LogP contribution >= 0.6 is 31.9 Å². The number of hydrogen-bond donors (Lipinski definition) is 1. The molecule has 0 saturated heterocycles. The molecule has 1 aromatic rings. The van der Waals surface area contributed by atoms with Crippen LogP contribution in [-0.4, -0.2) is 5.11 Å². The number of halogens is 2. The van der Waals surface area contributed by atoms with Gasteiger partial charge >= 0.3 is 0 Å². The molecular weight excluding hydrogens is 296 g/mol. The molecule has 0 aliphatic rings. The first kappa shape index (κ1) is 11.1. The number of aromatic hydroxyl groups is 1. The molecular formula is C10H12Br2O. The zero-order chi connectivity index (χ0) is 10.0. The fourth-order valence-electron chi connectivity index (χ4n) is 1.17. The van der Waals surface area contributed by atoms with Crippen LogP contribution in [0.1, 0.15) is 31.7 Å². The molecule has 0 aromatic heterocycles. The molecule has 1 aromatic carbocycles. The summed E-state index contributed by atoms with van der Waals surface area (Å²) in [6, 6.07) is 3.91. The van der Waals surface area contributed by atoms with Crippen molar-refractivity contribution in [2.45, 2.75) is 26.2 Å². The molecule has 72 valence electrons. The molecule has 0 aliphatic carbocycles. The van der Waals surface area contributed by atoms with E-state index in [0.717, 1.165) is 20.9 Å². The Morgan fingerprint density at radius 2 is 2.00 bits per heavy atom. The Bertz CT molecular complexity index is 310. The van der Waals surface area contributed by atoms with E-state index in [1.165, 1.54) is 0 Å². The number of rotatable bonds is 2. The lowest BCUT2D eigenvalue weighted by molar-refractivity contribution is 0.458. The molecule has 3 heteroatoms. The lowest BCUT2D eigenvalue weighted by Gasteiger charge is -2.12. The molecule has 0 bridgehead atoms. The highest BCUT2D eigenvalue weighted by molar-refractivity contribution is 9.13. The monoisotopic (exact) mass is 306 g/mol. The average Bonchev–Trinajstić information content (AvgIpc) is 2.13. The van der Waals surface area contributed by atoms with E-state index in [1.807, 2.05) is 12.1 Å². The summed E-state index contributed by atoms with van der Waals surface area (Å²) in [5, 5.41) is 9.80. The van der Waals surface area contributed by atoms with Crippen molar-refractivity contribution < 1.29 is 5.11 Å². The van der Waals surface area contributed by atoms with E-state index < -0.39 is 0 Å². The molecule has 1 rings (SSSR count). The predicted octanol–water partition coefficient (Wildman–Crippen LogP) is 4.43. The van der Waals surface area contributed by atoms with Crippen LogP contribution in [0.3, 0.4) is 0 Å². The minimum absolute atomic E-state index is 0.351. The second-order valence-corrected chi connectivity index (χ2v) is 4.76. The minimum atomic E-state index is 0.351. The molecule has 0 aliphatic heterocycles. The molecule has 1 N–H and O–H groups in total. The van der Waals surface area contributed by atoms with Gasteiger partial charge in [-0.15, -0.1) is 0 Å². The van der Waals surface area contributed by atoms with Crippen molar-refractivity contribution in [3.63, 3.8) is 0 Å². The highest BCUT2D eigenvalue weighted by Crippen LogP contribution is 2.38. The molecule has 0 amide bonds. The maximum Gasteiger partial charge on any atom is 0.134 e. The Morgan fingerprint density at radius 3 is 2.54 bits per heavy atom. The zero-order valence-electron chi connectivity index (χ0n) is 7.64. The van der Waals surface area contributed by atoms with Gasteiger partial charge in [0.05, 0.1) is 4.47 Å². The van der Waals surface area contributed by atoms with Crippen LogP contribution in [0.2, 0.25) is 0 Å². The molecule has 1 unspecified atom stereocenters. The van der Waals surface area contributed by atoms with Gasteiger partial charge in [0.25, 0.3) is 0 Å². The van der Waals surface area contributed by atoms with E-state index in [9.17, 15) is 5.11 Å². The van der Waals surface area contributed by atoms with Crippen molar-refractivity contribution in [1.29, 1.82) is 0 Å². The largest absolute Gasteiger partial charge is 0.506 e. The maximum atomic E-state index is 9.80. The van der Waals surface area contributed by atoms with E-state index >= 15 is 0 Å². The first-order valence-corrected chi connectivity index (χ1v) is 5.83. The third-order valence-corrected chi connectivity index (χ3v) is 4.24. The lowest BCUT2D eigenvalue weighted by atomic mass is 9.98. The van der Waals surface area contributed by atoms with Crippen LogP contribution in [0.15, 0.2) is 21.1 Å². The first-order chi connectivity index (χ1) is 6.07. The standard InChI is InChI=1S/C10H12Br2O/c1-3-6(2)7-4-5-8(11)9(12)10(7)13/h4-6,13H,3H2,1-2H3. The van der Waals surface area contributed by atoms with Gasteiger partial charge in [-0.25, -0.2) is 0 Å². The van der Waals surface area contributed by atoms with Crippen LogP contribution in [0.5, 0.6) is 5.75 Å². The lowest BCUT2D eigenvalue weighted by Crippen LogP contribution is -1.92. The highest BCUT2D eigenvalue weighted by atomic mass is 79.9. The van der Waals surface area contributed by atoms with Crippen molar-refractivity contribution in [1.82, 2.24) is 0 Å². The number of hydrogen-bond acceptors (Lipinski definition) is 1. The molecule has 0 radical (unpaired) electrons. The van der Waals surface area contributed by atoms with Gasteiger partial charge in [-0.05, 0) is 55.8 Å². The Morgan fingerprint density at radius 1 is 1.38 bits per heavy atom. The summed E-state index contributed by atoms with van der Waals surface area (Å²) >= 11 is 6.67. The Kier molecular flexibility index (Phi) is 3.80. The van der Waals surface area contributed by atoms with Gasteiger partial charge in [0.1, 0.15) is 5.75 Å². The number of benzene rings is 1. The summed E-state index contributed by atoms with van der Waals surface area (Å²) in [5.41, 5.74) is 0.998. The number of phenols is 1. The molecule has 1 atom stereocenters. The smallest absolute Gasteiger partial charge is 0.134 e. The third kappa shape index (κ3) is 2.26. The quantitative estimate of drug-likeness (QED) is 0.857. The van der Waals surface area contributed by atoms with E-state index in [4.69, 9.17) is 0 Å². The Balaban J connectivity index is 3.18. The van der Waals surface area contributed by atoms with Crippen LogP contribution < -0.4 is 0 Å². The molecule has 0 spiro atoms. The van der Waals surface area contributed by atoms with Gasteiger partial charge < -0.3 is 5.11 Å². The van der Waals surface area contributed by atoms with Crippen molar-refractivity contribution in [2.24, 2.45) is 0 Å². The molecule has 0 saturated carbocycles. The maximum absolute atomic E-state index is 9.80. The van der Waals surface area contributed by atoms with Crippen molar-refractivity contribution in [3.05, 3.63) is 26.6 Å². The molecule has 0 heterocycles. The van der Waals surface area contributed by atoms with Crippen LogP contribution in [0, 0.1) is 0 Å². The fraction of sp³-hybridized carbons (Fsp3) is 0.400. The normalized spacial score (nSPS) is 12.9. The van der Waals surface area contributed by atoms with Gasteiger partial charge in [0, 0.05) is 4.47 Å². The van der Waals surface area contributed by atoms with Gasteiger partial charge in [0.15, 0.2) is 0 Å². The zero-order valence-corrected chi connectivity index (χ0v) is 10.8. The van der Waals surface area contributed by atoms with Gasteiger partial charge in [-0.2, -0.15) is 0 Å². The summed E-state index contributed by atoms with van der Waals surface area (Å²) in [6.07, 6.45) is 1.03. The number of phenolic OH excluding ortho intramolecular Hbond substituents is 1. The Labute approximate surface area is 95.4 Å². The predicted molar refractivity (Wildman–Crippen MR) is 62.2 cm³/mol. The van der Waals surface area contributed by atoms with E-state index in [0.29, 0.717) is 11.7 Å². The summed E-state index contributed by atoms with van der Waals surface area (Å²) in [7, 11) is 0. The molecule has 1 nitrogen and oxygen atoms in total. The Hall–Kier alpha value is -0.0200. The van der Waals surface area contributed by atoms with E-state index in [-0.39, 0.29) is 0 Å². The summed E-state index contributed by atoms with van der Waals surface area (Å²) in [4.78, 5) is 0. The van der Waals surface area contributed by atoms with E-state index in [2.05, 4.69) is 45.7 Å². The van der Waals surface area contributed by atoms with Crippen LogP contribution in [-0.2, 0) is 0 Å². The van der Waals surface area contributed by atoms with Crippen molar-refractivity contribution in [3.8, 4) is 5.75 Å². The van der Waals surface area contributed by atoms with Crippen LogP contribution in [0.4, 0.5) is 0 Å². The highest BCUT2D eigenvalue weighted by Gasteiger charge is 2.12. The SMILES string of the molecule is CCC(C)c1ccc(Br)c(Br)c1O. The second-order valence-electron chi connectivity index (χ2n) is 3.11. The molecule has 13 heavy (non-hydrogen) atoms. The average molecular weight is 308 g/mol. The summed E-state index contributed by atoms with van der Waals surface area (Å²) in [6.45, 7) is 4.22. The van der Waals surface area contributed by atoms with Crippen molar-refractivity contribution in [2.75, 3.05) is 0 Å². The fourth-order valence-corrected chi connectivity index (χ4v) is 1.85. The molecule has 0 fully saturated rings. The van der Waals surface area contributed by atoms with Gasteiger partial charge in [-0.1, -0.05) is 19.9 Å². The minimum Gasteiger partial charge on any atom is -0.506 e. The van der Waals surface area contributed by atoms with Gasteiger partial charge in [0.2, 0.25) is 0 Å². The first-order valence-electron chi connectivity index (χ1n) is 4.24. The summed E-state index contributed by atoms with van der Waals surface area (Å²) in [5.74, 6) is 0.744. The summed E-state index contributed by atoms with van der Waals surface area (Å²) < 4.78 is 1.63. The topological polar surface area (TPSA) is 20.2 Å². The van der Waals surface area contributed by atoms with Crippen LogP contribution in [0.25, 0.3) is 0 Å².